The smallest absolute Gasteiger partial charge is 0.108 e. The number of hydrogen-bond acceptors (Lipinski definition) is 2. The highest BCUT2D eigenvalue weighted by atomic mass is 35.5. The molecule has 0 bridgehead atoms. The molecule has 0 aliphatic heterocycles. The second-order valence-electron chi connectivity index (χ2n) is 4.58. The van der Waals surface area contributed by atoms with Gasteiger partial charge in [0, 0.05) is 35.7 Å². The molecule has 0 spiro atoms. The standard InChI is InChI=1S/C15H15ClN4.ClH/c1-2-15-17-6-7-19(15)9-13-10-20(11-18-13)14-5-3-4-12(16)8-14;/h3-8,10-11H,2,9H2,1H3;1H. The van der Waals surface area contributed by atoms with Crippen LogP contribution >= 0.6 is 24.0 Å². The van der Waals surface area contributed by atoms with E-state index in [-0.39, 0.29) is 12.4 Å². The van der Waals surface area contributed by atoms with Gasteiger partial charge in [0.2, 0.25) is 0 Å². The van der Waals surface area contributed by atoms with E-state index in [1.807, 2.05) is 53.8 Å². The Kier molecular flexibility index (Phi) is 5.04. The van der Waals surface area contributed by atoms with Crippen LogP contribution in [0.25, 0.3) is 5.69 Å². The monoisotopic (exact) mass is 322 g/mol. The number of aromatic nitrogens is 4. The van der Waals surface area contributed by atoms with Gasteiger partial charge < -0.3 is 9.13 Å². The number of rotatable bonds is 4. The van der Waals surface area contributed by atoms with Gasteiger partial charge in [-0.15, -0.1) is 12.4 Å². The quantitative estimate of drug-likeness (QED) is 0.733. The molecule has 0 radical (unpaired) electrons. The highest BCUT2D eigenvalue weighted by Gasteiger charge is 2.05. The summed E-state index contributed by atoms with van der Waals surface area (Å²) in [5.41, 5.74) is 2.01. The number of nitrogens with zero attached hydrogens (tertiary/aromatic N) is 4. The molecule has 3 rings (SSSR count). The number of benzene rings is 1. The Balaban J connectivity index is 0.00000161. The Labute approximate surface area is 134 Å². The summed E-state index contributed by atoms with van der Waals surface area (Å²) in [6, 6.07) is 7.72. The first-order valence-corrected chi connectivity index (χ1v) is 6.93. The molecule has 2 heterocycles. The lowest BCUT2D eigenvalue weighted by atomic mass is 10.3. The molecule has 0 atom stereocenters. The van der Waals surface area contributed by atoms with Crippen molar-refractivity contribution in [2.45, 2.75) is 19.9 Å². The van der Waals surface area contributed by atoms with Crippen LogP contribution in [0, 0.1) is 0 Å². The molecule has 21 heavy (non-hydrogen) atoms. The van der Waals surface area contributed by atoms with Crippen molar-refractivity contribution in [2.24, 2.45) is 0 Å². The van der Waals surface area contributed by atoms with Gasteiger partial charge in [0.25, 0.3) is 0 Å². The van der Waals surface area contributed by atoms with Gasteiger partial charge in [-0.25, -0.2) is 9.97 Å². The maximum absolute atomic E-state index is 6.01. The number of imidazole rings is 2. The van der Waals surface area contributed by atoms with Crippen molar-refractivity contribution in [3.8, 4) is 5.69 Å². The van der Waals surface area contributed by atoms with E-state index >= 15 is 0 Å². The Hall–Kier alpha value is -1.78. The molecule has 0 aliphatic rings. The van der Waals surface area contributed by atoms with Crippen LogP contribution in [0.15, 0.2) is 49.2 Å². The molecule has 0 aliphatic carbocycles. The summed E-state index contributed by atoms with van der Waals surface area (Å²) >= 11 is 6.01. The topological polar surface area (TPSA) is 35.6 Å². The zero-order chi connectivity index (χ0) is 13.9. The minimum Gasteiger partial charge on any atom is -0.329 e. The first-order chi connectivity index (χ1) is 9.76. The molecule has 0 saturated heterocycles. The fourth-order valence-corrected chi connectivity index (χ4v) is 2.38. The van der Waals surface area contributed by atoms with Crippen molar-refractivity contribution in [2.75, 3.05) is 0 Å². The van der Waals surface area contributed by atoms with Gasteiger partial charge in [-0.3, -0.25) is 0 Å². The van der Waals surface area contributed by atoms with Crippen molar-refractivity contribution in [1.82, 2.24) is 19.1 Å². The molecule has 3 aromatic rings. The Morgan fingerprint density at radius 2 is 2.10 bits per heavy atom. The van der Waals surface area contributed by atoms with Gasteiger partial charge in [-0.05, 0) is 18.2 Å². The summed E-state index contributed by atoms with van der Waals surface area (Å²) in [4.78, 5) is 8.76. The lowest BCUT2D eigenvalue weighted by molar-refractivity contribution is 0.719. The molecule has 1 aromatic carbocycles. The fourth-order valence-electron chi connectivity index (χ4n) is 2.20. The van der Waals surface area contributed by atoms with E-state index in [4.69, 9.17) is 11.6 Å². The van der Waals surface area contributed by atoms with Crippen molar-refractivity contribution >= 4 is 24.0 Å². The Bertz CT molecular complexity index is 718. The van der Waals surface area contributed by atoms with Gasteiger partial charge in [0.15, 0.2) is 0 Å². The molecule has 110 valence electrons. The van der Waals surface area contributed by atoms with Gasteiger partial charge in [0.1, 0.15) is 5.82 Å². The lowest BCUT2D eigenvalue weighted by Crippen LogP contribution is -2.03. The van der Waals surface area contributed by atoms with Crippen LogP contribution in [0.2, 0.25) is 5.02 Å². The van der Waals surface area contributed by atoms with Crippen molar-refractivity contribution in [1.29, 1.82) is 0 Å². The zero-order valence-corrected chi connectivity index (χ0v) is 13.2. The zero-order valence-electron chi connectivity index (χ0n) is 11.6. The molecule has 0 N–H and O–H groups in total. The number of halogens is 2. The second-order valence-corrected chi connectivity index (χ2v) is 5.01. The third-order valence-electron chi connectivity index (χ3n) is 3.19. The van der Waals surface area contributed by atoms with E-state index in [1.165, 1.54) is 0 Å². The summed E-state index contributed by atoms with van der Waals surface area (Å²) in [6.07, 6.45) is 8.56. The number of aryl methyl sites for hydroxylation is 1. The molecule has 2 aromatic heterocycles. The predicted octanol–water partition coefficient (Wildman–Crippen LogP) is 3.75. The van der Waals surface area contributed by atoms with Gasteiger partial charge in [-0.2, -0.15) is 0 Å². The highest BCUT2D eigenvalue weighted by molar-refractivity contribution is 6.30. The first kappa shape index (κ1) is 15.6. The summed E-state index contributed by atoms with van der Waals surface area (Å²) in [5.74, 6) is 1.07. The minimum absolute atomic E-state index is 0. The van der Waals surface area contributed by atoms with Gasteiger partial charge >= 0.3 is 0 Å². The fraction of sp³-hybridized carbons (Fsp3) is 0.200. The van der Waals surface area contributed by atoms with Crippen LogP contribution in [0.1, 0.15) is 18.4 Å². The van der Waals surface area contributed by atoms with Crippen LogP contribution < -0.4 is 0 Å². The molecular weight excluding hydrogens is 307 g/mol. The molecular formula is C15H16Cl2N4. The predicted molar refractivity (Wildman–Crippen MR) is 86.5 cm³/mol. The van der Waals surface area contributed by atoms with Crippen LogP contribution in [0.3, 0.4) is 0 Å². The van der Waals surface area contributed by atoms with Crippen molar-refractivity contribution in [3.63, 3.8) is 0 Å². The third-order valence-corrected chi connectivity index (χ3v) is 3.43. The molecule has 0 unspecified atom stereocenters. The van der Waals surface area contributed by atoms with Crippen LogP contribution in [0.4, 0.5) is 0 Å². The molecule has 6 heteroatoms. The van der Waals surface area contributed by atoms with E-state index in [0.717, 1.165) is 35.2 Å². The summed E-state index contributed by atoms with van der Waals surface area (Å²) in [5, 5.41) is 0.723. The SMILES string of the molecule is CCc1nccn1Cc1cn(-c2cccc(Cl)c2)cn1.Cl. The largest absolute Gasteiger partial charge is 0.329 e. The van der Waals surface area contributed by atoms with Crippen LogP contribution in [0.5, 0.6) is 0 Å². The molecule has 0 fully saturated rings. The van der Waals surface area contributed by atoms with E-state index in [9.17, 15) is 0 Å². The van der Waals surface area contributed by atoms with E-state index in [1.54, 1.807) is 0 Å². The maximum atomic E-state index is 6.01. The lowest BCUT2D eigenvalue weighted by Gasteiger charge is -2.04. The van der Waals surface area contributed by atoms with Crippen molar-refractivity contribution in [3.05, 3.63) is 65.7 Å². The molecule has 0 amide bonds. The van der Waals surface area contributed by atoms with Crippen molar-refractivity contribution < 1.29 is 0 Å². The summed E-state index contributed by atoms with van der Waals surface area (Å²) in [6.45, 7) is 2.83. The highest BCUT2D eigenvalue weighted by Crippen LogP contribution is 2.15. The van der Waals surface area contributed by atoms with E-state index in [2.05, 4.69) is 21.5 Å². The van der Waals surface area contributed by atoms with Crippen LogP contribution in [-0.2, 0) is 13.0 Å². The van der Waals surface area contributed by atoms with E-state index in [0.29, 0.717) is 0 Å². The third kappa shape index (κ3) is 3.46. The van der Waals surface area contributed by atoms with Gasteiger partial charge in [-0.1, -0.05) is 24.6 Å². The van der Waals surface area contributed by atoms with Gasteiger partial charge in [0.05, 0.1) is 18.6 Å². The molecule has 0 saturated carbocycles. The Morgan fingerprint density at radius 3 is 2.86 bits per heavy atom. The summed E-state index contributed by atoms with van der Waals surface area (Å²) < 4.78 is 4.09. The first-order valence-electron chi connectivity index (χ1n) is 6.55. The average Bonchev–Trinajstić information content (AvgIpc) is 3.08. The second kappa shape index (κ2) is 6.78. The number of hydrogen-bond donors (Lipinski definition) is 0. The normalized spacial score (nSPS) is 10.4. The van der Waals surface area contributed by atoms with E-state index < -0.39 is 0 Å². The Morgan fingerprint density at radius 1 is 1.24 bits per heavy atom. The maximum Gasteiger partial charge on any atom is 0.108 e. The minimum atomic E-state index is 0. The van der Waals surface area contributed by atoms with Crippen LogP contribution in [-0.4, -0.2) is 19.1 Å². The molecule has 4 nitrogen and oxygen atoms in total. The average molecular weight is 323 g/mol. The summed E-state index contributed by atoms with van der Waals surface area (Å²) in [7, 11) is 0.